The van der Waals surface area contributed by atoms with Crippen LogP contribution in [0.5, 0.6) is 11.5 Å². The maximum Gasteiger partial charge on any atom is 0.173 e. The number of thiophene rings is 1. The number of nitrogens with zero attached hydrogens (tertiary/aromatic N) is 1. The number of nitrogens with one attached hydrogen (secondary N) is 1. The van der Waals surface area contributed by atoms with Crippen molar-refractivity contribution >= 4 is 46.1 Å². The molecule has 1 N–H and O–H groups in total. The van der Waals surface area contributed by atoms with Gasteiger partial charge in [-0.3, -0.25) is 0 Å². The topological polar surface area (TPSA) is 33.7 Å². The molecule has 1 aliphatic heterocycles. The van der Waals surface area contributed by atoms with E-state index in [1.165, 1.54) is 4.88 Å². The highest BCUT2D eigenvalue weighted by Gasteiger charge is 2.18. The van der Waals surface area contributed by atoms with E-state index < -0.39 is 0 Å². The Morgan fingerprint density at radius 2 is 2.12 bits per heavy atom. The normalized spacial score (nSPS) is 12.7. The van der Waals surface area contributed by atoms with Gasteiger partial charge in [-0.15, -0.1) is 11.3 Å². The smallest absolute Gasteiger partial charge is 0.173 e. The summed E-state index contributed by atoms with van der Waals surface area (Å²) in [6.45, 7) is 2.80. The number of hydrogen-bond acceptors (Lipinski definition) is 5. The quantitative estimate of drug-likeness (QED) is 0.561. The number of thioether (sulfide) groups is 1. The van der Waals surface area contributed by atoms with Crippen molar-refractivity contribution in [2.45, 2.75) is 13.0 Å². The first kappa shape index (κ1) is 18.4. The van der Waals surface area contributed by atoms with Crippen molar-refractivity contribution in [3.05, 3.63) is 40.6 Å². The molecular weight excluding hydrogens is 372 g/mol. The van der Waals surface area contributed by atoms with Gasteiger partial charge >= 0.3 is 0 Å². The largest absolute Gasteiger partial charge is 0.486 e. The van der Waals surface area contributed by atoms with Crippen LogP contribution in [0.25, 0.3) is 0 Å². The number of ether oxygens (including phenoxy) is 2. The van der Waals surface area contributed by atoms with Crippen molar-refractivity contribution in [3.8, 4) is 11.5 Å². The third kappa shape index (κ3) is 5.03. The fraction of sp³-hybridized carbons (Fsp3) is 0.389. The van der Waals surface area contributed by atoms with E-state index in [0.29, 0.717) is 13.2 Å². The van der Waals surface area contributed by atoms with Crippen LogP contribution in [0.15, 0.2) is 35.7 Å². The average molecular weight is 395 g/mol. The van der Waals surface area contributed by atoms with Gasteiger partial charge in [0.1, 0.15) is 13.2 Å². The lowest BCUT2D eigenvalue weighted by molar-refractivity contribution is 0.171. The van der Waals surface area contributed by atoms with E-state index >= 15 is 0 Å². The van der Waals surface area contributed by atoms with Crippen LogP contribution >= 0.6 is 35.3 Å². The molecule has 0 bridgehead atoms. The minimum absolute atomic E-state index is 0.582. The molecule has 2 heterocycles. The molecule has 0 aliphatic carbocycles. The fourth-order valence-corrected chi connectivity index (χ4v) is 3.94. The van der Waals surface area contributed by atoms with Gasteiger partial charge in [0.15, 0.2) is 16.6 Å². The maximum absolute atomic E-state index is 5.73. The van der Waals surface area contributed by atoms with E-state index in [-0.39, 0.29) is 0 Å². The molecule has 25 heavy (non-hydrogen) atoms. The summed E-state index contributed by atoms with van der Waals surface area (Å²) in [7, 11) is 0. The molecule has 0 atom stereocenters. The van der Waals surface area contributed by atoms with Crippen molar-refractivity contribution in [1.82, 2.24) is 5.32 Å². The van der Waals surface area contributed by atoms with Crippen molar-refractivity contribution in [2.75, 3.05) is 36.7 Å². The van der Waals surface area contributed by atoms with Crippen LogP contribution in [-0.2, 0) is 6.54 Å². The van der Waals surface area contributed by atoms with Gasteiger partial charge in [0.25, 0.3) is 0 Å². The number of fused-ring (bicyclic) bond motifs is 1. The summed E-state index contributed by atoms with van der Waals surface area (Å²) in [5, 5.41) is 6.22. The van der Waals surface area contributed by atoms with Crippen molar-refractivity contribution < 1.29 is 9.47 Å². The molecule has 1 aliphatic rings. The molecule has 3 rings (SSSR count). The molecule has 7 heteroatoms. The van der Waals surface area contributed by atoms with E-state index in [2.05, 4.69) is 34.0 Å². The highest BCUT2D eigenvalue weighted by molar-refractivity contribution is 7.98. The number of benzene rings is 1. The second kappa shape index (κ2) is 9.31. The summed E-state index contributed by atoms with van der Waals surface area (Å²) in [5.41, 5.74) is 1.01. The summed E-state index contributed by atoms with van der Waals surface area (Å²) in [5.74, 6) is 2.71. The Kier molecular flexibility index (Phi) is 6.84. The highest BCUT2D eigenvalue weighted by atomic mass is 32.2. The zero-order chi connectivity index (χ0) is 17.5. The Morgan fingerprint density at radius 1 is 1.28 bits per heavy atom. The Labute approximate surface area is 162 Å². The van der Waals surface area contributed by atoms with Gasteiger partial charge in [-0.25, -0.2) is 0 Å². The van der Waals surface area contributed by atoms with E-state index in [4.69, 9.17) is 21.7 Å². The second-order valence-corrected chi connectivity index (χ2v) is 7.98. The first-order valence-corrected chi connectivity index (χ1v) is 10.9. The summed E-state index contributed by atoms with van der Waals surface area (Å²) in [6, 6.07) is 10.2. The van der Waals surface area contributed by atoms with Gasteiger partial charge in [-0.1, -0.05) is 6.07 Å². The minimum atomic E-state index is 0.582. The number of hydrogen-bond donors (Lipinski definition) is 1. The van der Waals surface area contributed by atoms with Crippen LogP contribution in [0.4, 0.5) is 5.69 Å². The SMILES string of the molecule is CSCCCNC(=S)N(Cc1cccs1)c1ccc2c(c1)OCCO2. The van der Waals surface area contributed by atoms with Gasteiger partial charge < -0.3 is 19.7 Å². The van der Waals surface area contributed by atoms with E-state index in [1.807, 2.05) is 30.0 Å². The zero-order valence-corrected chi connectivity index (χ0v) is 16.6. The minimum Gasteiger partial charge on any atom is -0.486 e. The molecule has 0 amide bonds. The first-order chi connectivity index (χ1) is 12.3. The Hall–Kier alpha value is -1.44. The molecule has 0 saturated carbocycles. The van der Waals surface area contributed by atoms with E-state index in [0.717, 1.165) is 47.6 Å². The fourth-order valence-electron chi connectivity index (χ4n) is 2.55. The number of anilines is 1. The molecule has 0 fully saturated rings. The Balaban J connectivity index is 1.76. The van der Waals surface area contributed by atoms with Gasteiger partial charge in [0.2, 0.25) is 0 Å². The highest BCUT2D eigenvalue weighted by Crippen LogP contribution is 2.34. The summed E-state index contributed by atoms with van der Waals surface area (Å²) < 4.78 is 11.4. The van der Waals surface area contributed by atoms with Crippen molar-refractivity contribution in [1.29, 1.82) is 0 Å². The molecular formula is C18H22N2O2S3. The molecule has 0 saturated heterocycles. The summed E-state index contributed by atoms with van der Waals surface area (Å²) >= 11 is 9.26. The molecule has 0 spiro atoms. The van der Waals surface area contributed by atoms with Crippen LogP contribution in [0.1, 0.15) is 11.3 Å². The predicted molar refractivity (Wildman–Crippen MR) is 112 cm³/mol. The lowest BCUT2D eigenvalue weighted by Crippen LogP contribution is -2.39. The van der Waals surface area contributed by atoms with Gasteiger partial charge in [-0.05, 0) is 54.2 Å². The Morgan fingerprint density at radius 3 is 2.88 bits per heavy atom. The van der Waals surface area contributed by atoms with Crippen LogP contribution in [0.3, 0.4) is 0 Å². The van der Waals surface area contributed by atoms with Crippen LogP contribution in [0.2, 0.25) is 0 Å². The molecule has 2 aromatic rings. The number of thiocarbonyl (C=S) groups is 1. The maximum atomic E-state index is 5.73. The van der Waals surface area contributed by atoms with E-state index in [9.17, 15) is 0 Å². The van der Waals surface area contributed by atoms with Crippen molar-refractivity contribution in [3.63, 3.8) is 0 Å². The lowest BCUT2D eigenvalue weighted by atomic mass is 10.2. The lowest BCUT2D eigenvalue weighted by Gasteiger charge is -2.27. The molecule has 0 radical (unpaired) electrons. The summed E-state index contributed by atoms with van der Waals surface area (Å²) in [6.07, 6.45) is 3.21. The predicted octanol–water partition coefficient (Wildman–Crippen LogP) is 4.15. The van der Waals surface area contributed by atoms with E-state index in [1.54, 1.807) is 11.3 Å². The Bertz CT molecular complexity index is 692. The molecule has 134 valence electrons. The third-order valence-corrected chi connectivity index (χ3v) is 5.70. The molecule has 1 aromatic heterocycles. The van der Waals surface area contributed by atoms with Gasteiger partial charge in [0, 0.05) is 23.2 Å². The average Bonchev–Trinajstić information content (AvgIpc) is 3.16. The summed E-state index contributed by atoms with van der Waals surface area (Å²) in [4.78, 5) is 3.39. The van der Waals surface area contributed by atoms with Crippen molar-refractivity contribution in [2.24, 2.45) is 0 Å². The second-order valence-electron chi connectivity index (χ2n) is 5.57. The van der Waals surface area contributed by atoms with Gasteiger partial charge in [-0.2, -0.15) is 11.8 Å². The molecule has 1 aromatic carbocycles. The number of rotatable bonds is 7. The molecule has 0 unspecified atom stereocenters. The third-order valence-electron chi connectivity index (χ3n) is 3.78. The molecule has 4 nitrogen and oxygen atoms in total. The standard InChI is InChI=1S/C18H22N2O2S3/c1-24-10-3-7-19-18(23)20(13-15-4-2-11-25-15)14-5-6-16-17(12-14)22-9-8-21-16/h2,4-6,11-12H,3,7-10,13H2,1H3,(H,19,23). The van der Waals surface area contributed by atoms with Crippen LogP contribution in [0, 0.1) is 0 Å². The monoisotopic (exact) mass is 394 g/mol. The van der Waals surface area contributed by atoms with Gasteiger partial charge in [0.05, 0.1) is 6.54 Å². The van der Waals surface area contributed by atoms with Crippen LogP contribution < -0.4 is 19.7 Å². The van der Waals surface area contributed by atoms with Crippen LogP contribution in [-0.4, -0.2) is 36.9 Å². The zero-order valence-electron chi connectivity index (χ0n) is 14.2. The first-order valence-electron chi connectivity index (χ1n) is 8.24.